The van der Waals surface area contributed by atoms with E-state index in [1.54, 1.807) is 29.2 Å². The topological polar surface area (TPSA) is 59.2 Å². The number of nitrogens with zero attached hydrogens (tertiary/aromatic N) is 2. The Bertz CT molecular complexity index is 792. The number of hydrogen-bond acceptors (Lipinski definition) is 3. The molecule has 0 aliphatic carbocycles. The Labute approximate surface area is 149 Å². The molecule has 0 bridgehead atoms. The number of carbonyl (C=O) groups excluding carboxylic acids is 1. The van der Waals surface area contributed by atoms with E-state index < -0.39 is 11.7 Å². The third-order valence-electron chi connectivity index (χ3n) is 4.55. The zero-order valence-corrected chi connectivity index (χ0v) is 14.2. The van der Waals surface area contributed by atoms with Crippen LogP contribution in [0, 0.1) is 0 Å². The Morgan fingerprint density at radius 3 is 2.73 bits per heavy atom. The van der Waals surface area contributed by atoms with Crippen LogP contribution >= 0.6 is 0 Å². The van der Waals surface area contributed by atoms with Gasteiger partial charge in [0.05, 0.1) is 11.3 Å². The minimum absolute atomic E-state index is 0.105. The molecular weight excluding hydrogens is 343 g/mol. The van der Waals surface area contributed by atoms with Crippen molar-refractivity contribution in [2.45, 2.75) is 31.5 Å². The monoisotopic (exact) mass is 363 g/mol. The smallest absolute Gasteiger partial charge is 0.339 e. The van der Waals surface area contributed by atoms with Gasteiger partial charge in [-0.05, 0) is 43.5 Å². The molecule has 2 N–H and O–H groups in total. The molecule has 26 heavy (non-hydrogen) atoms. The van der Waals surface area contributed by atoms with Crippen LogP contribution in [0.3, 0.4) is 0 Å². The van der Waals surface area contributed by atoms with Gasteiger partial charge >= 0.3 is 6.18 Å². The van der Waals surface area contributed by atoms with Crippen molar-refractivity contribution in [3.8, 4) is 11.3 Å². The molecule has 138 valence electrons. The lowest BCUT2D eigenvalue weighted by Gasteiger charge is -2.20. The van der Waals surface area contributed by atoms with E-state index in [1.165, 1.54) is 0 Å². The lowest BCUT2D eigenvalue weighted by molar-refractivity contribution is -0.137. The number of rotatable bonds is 2. The van der Waals surface area contributed by atoms with E-state index >= 15 is 0 Å². The first-order chi connectivity index (χ1) is 12.3. The largest absolute Gasteiger partial charge is 0.416 e. The summed E-state index contributed by atoms with van der Waals surface area (Å²) in [5.41, 5.74) is 6.29. The summed E-state index contributed by atoms with van der Waals surface area (Å²) in [6.45, 7) is 1.23. The quantitative estimate of drug-likeness (QED) is 0.885. The van der Waals surface area contributed by atoms with Gasteiger partial charge in [-0.15, -0.1) is 0 Å². The van der Waals surface area contributed by atoms with Gasteiger partial charge in [-0.3, -0.25) is 9.78 Å². The maximum absolute atomic E-state index is 12.9. The molecule has 3 rings (SSSR count). The first-order valence-electron chi connectivity index (χ1n) is 8.53. The maximum Gasteiger partial charge on any atom is 0.416 e. The van der Waals surface area contributed by atoms with E-state index in [4.69, 9.17) is 5.73 Å². The third kappa shape index (κ3) is 4.22. The van der Waals surface area contributed by atoms with Crippen LogP contribution in [-0.2, 0) is 6.18 Å². The Hall–Kier alpha value is -2.41. The van der Waals surface area contributed by atoms with Gasteiger partial charge in [0.25, 0.3) is 5.91 Å². The Balaban J connectivity index is 1.85. The predicted octanol–water partition coefficient (Wildman–Crippen LogP) is 3.72. The van der Waals surface area contributed by atoms with Crippen molar-refractivity contribution >= 4 is 5.91 Å². The predicted molar refractivity (Wildman–Crippen MR) is 92.4 cm³/mol. The van der Waals surface area contributed by atoms with Crippen molar-refractivity contribution in [2.24, 2.45) is 5.73 Å². The highest BCUT2D eigenvalue weighted by Crippen LogP contribution is 2.31. The highest BCUT2D eigenvalue weighted by molar-refractivity contribution is 5.95. The standard InChI is InChI=1S/C19H20F3N3O/c20-19(21,22)15-6-8-24-17(12-15)13-3-1-4-14(11-13)18(26)25-9-2-5-16(23)7-10-25/h1,3-4,6,8,11-12,16H,2,5,7,9-10,23H2/t16-/m0/s1. The number of nitrogens with two attached hydrogens (primary N) is 1. The molecule has 7 heteroatoms. The second-order valence-corrected chi connectivity index (χ2v) is 6.49. The molecule has 1 aliphatic rings. The second-order valence-electron chi connectivity index (χ2n) is 6.49. The van der Waals surface area contributed by atoms with Gasteiger partial charge in [0.1, 0.15) is 0 Å². The SMILES string of the molecule is N[C@H]1CCCN(C(=O)c2cccc(-c3cc(C(F)(F)F)ccn3)c2)CC1. The maximum atomic E-state index is 12.9. The number of pyridine rings is 1. The first-order valence-corrected chi connectivity index (χ1v) is 8.53. The summed E-state index contributed by atoms with van der Waals surface area (Å²) in [4.78, 5) is 18.5. The normalized spacial score (nSPS) is 18.5. The lowest BCUT2D eigenvalue weighted by atomic mass is 10.0. The van der Waals surface area contributed by atoms with E-state index in [0.717, 1.165) is 37.6 Å². The van der Waals surface area contributed by atoms with Crippen LogP contribution in [-0.4, -0.2) is 34.9 Å². The summed E-state index contributed by atoms with van der Waals surface area (Å²) in [5.74, 6) is -0.132. The molecule has 1 aromatic carbocycles. The van der Waals surface area contributed by atoms with Gasteiger partial charge in [-0.25, -0.2) is 0 Å². The van der Waals surface area contributed by atoms with E-state index in [0.29, 0.717) is 24.2 Å². The number of alkyl halides is 3. The molecule has 0 unspecified atom stereocenters. The van der Waals surface area contributed by atoms with Crippen LogP contribution in [0.5, 0.6) is 0 Å². The van der Waals surface area contributed by atoms with Gasteiger partial charge in [0, 0.05) is 36.5 Å². The van der Waals surface area contributed by atoms with Crippen LogP contribution in [0.25, 0.3) is 11.3 Å². The summed E-state index contributed by atoms with van der Waals surface area (Å²) in [7, 11) is 0. The molecule has 1 aliphatic heterocycles. The number of amides is 1. The number of likely N-dealkylation sites (tertiary alicyclic amines) is 1. The van der Waals surface area contributed by atoms with E-state index in [9.17, 15) is 18.0 Å². The first kappa shape index (κ1) is 18.4. The Morgan fingerprint density at radius 1 is 1.15 bits per heavy atom. The van der Waals surface area contributed by atoms with Gasteiger partial charge < -0.3 is 10.6 Å². The molecule has 1 aromatic heterocycles. The Morgan fingerprint density at radius 2 is 1.96 bits per heavy atom. The van der Waals surface area contributed by atoms with Crippen molar-refractivity contribution < 1.29 is 18.0 Å². The molecule has 2 aromatic rings. The van der Waals surface area contributed by atoms with E-state index in [-0.39, 0.29) is 17.6 Å². The minimum atomic E-state index is -4.43. The summed E-state index contributed by atoms with van der Waals surface area (Å²) in [6, 6.07) is 8.60. The summed E-state index contributed by atoms with van der Waals surface area (Å²) in [6.07, 6.45) is -0.820. The van der Waals surface area contributed by atoms with Crippen LogP contribution in [0.15, 0.2) is 42.6 Å². The molecule has 1 saturated heterocycles. The van der Waals surface area contributed by atoms with Crippen LogP contribution in [0.1, 0.15) is 35.2 Å². The van der Waals surface area contributed by atoms with Crippen molar-refractivity contribution in [2.75, 3.05) is 13.1 Å². The molecule has 0 spiro atoms. The van der Waals surface area contributed by atoms with E-state index in [2.05, 4.69) is 4.98 Å². The average molecular weight is 363 g/mol. The molecule has 1 fully saturated rings. The number of halogens is 3. The summed E-state index contributed by atoms with van der Waals surface area (Å²) in [5, 5.41) is 0. The van der Waals surface area contributed by atoms with Gasteiger partial charge in [0.2, 0.25) is 0 Å². The van der Waals surface area contributed by atoms with Crippen LogP contribution in [0.4, 0.5) is 13.2 Å². The molecule has 1 atom stereocenters. The number of hydrogen-bond donors (Lipinski definition) is 1. The molecule has 0 radical (unpaired) electrons. The van der Waals surface area contributed by atoms with Gasteiger partial charge in [0.15, 0.2) is 0 Å². The fraction of sp³-hybridized carbons (Fsp3) is 0.368. The molecular formula is C19H20F3N3O. The highest BCUT2D eigenvalue weighted by atomic mass is 19.4. The van der Waals surface area contributed by atoms with Gasteiger partial charge in [-0.1, -0.05) is 12.1 Å². The summed E-state index contributed by atoms with van der Waals surface area (Å²) < 4.78 is 38.7. The minimum Gasteiger partial charge on any atom is -0.339 e. The number of benzene rings is 1. The molecule has 0 saturated carbocycles. The fourth-order valence-electron chi connectivity index (χ4n) is 3.08. The summed E-state index contributed by atoms with van der Waals surface area (Å²) >= 11 is 0. The fourth-order valence-corrected chi connectivity index (χ4v) is 3.08. The van der Waals surface area contributed by atoms with E-state index in [1.807, 2.05) is 0 Å². The molecule has 1 amide bonds. The zero-order chi connectivity index (χ0) is 18.7. The Kier molecular flexibility index (Phi) is 5.27. The number of carbonyl (C=O) groups is 1. The zero-order valence-electron chi connectivity index (χ0n) is 14.2. The highest BCUT2D eigenvalue weighted by Gasteiger charge is 2.30. The second kappa shape index (κ2) is 7.45. The number of aromatic nitrogens is 1. The van der Waals surface area contributed by atoms with Crippen molar-refractivity contribution in [3.05, 3.63) is 53.7 Å². The van der Waals surface area contributed by atoms with Crippen molar-refractivity contribution in [1.82, 2.24) is 9.88 Å². The average Bonchev–Trinajstić information content (AvgIpc) is 2.85. The third-order valence-corrected chi connectivity index (χ3v) is 4.55. The van der Waals surface area contributed by atoms with Crippen molar-refractivity contribution in [1.29, 1.82) is 0 Å². The van der Waals surface area contributed by atoms with Crippen LogP contribution < -0.4 is 5.73 Å². The van der Waals surface area contributed by atoms with Crippen molar-refractivity contribution in [3.63, 3.8) is 0 Å². The molecule has 4 nitrogen and oxygen atoms in total. The van der Waals surface area contributed by atoms with Crippen LogP contribution in [0.2, 0.25) is 0 Å². The van der Waals surface area contributed by atoms with Gasteiger partial charge in [-0.2, -0.15) is 13.2 Å². The molecule has 2 heterocycles. The lowest BCUT2D eigenvalue weighted by Crippen LogP contribution is -2.32.